The van der Waals surface area contributed by atoms with Gasteiger partial charge in [0.05, 0.1) is 16.3 Å². The Morgan fingerprint density at radius 3 is 2.50 bits per heavy atom. The molecule has 0 bridgehead atoms. The van der Waals surface area contributed by atoms with Crippen LogP contribution in [0, 0.1) is 0 Å². The molecule has 0 aromatic heterocycles. The van der Waals surface area contributed by atoms with E-state index in [0.29, 0.717) is 16.9 Å². The standard InChI is InChI=1S/C14H12N2O3S/c1-9(17)15-12-7-4-6-11-10-5-2-3-8-13(10)20(18,19)16-14(11)12/h2-8,16H,1H3,(H,15,17). The molecule has 5 nitrogen and oxygen atoms in total. The number of carbonyl (C=O) groups is 1. The summed E-state index contributed by atoms with van der Waals surface area (Å²) in [5.41, 5.74) is 2.24. The molecule has 20 heavy (non-hydrogen) atoms. The zero-order valence-corrected chi connectivity index (χ0v) is 11.5. The lowest BCUT2D eigenvalue weighted by Crippen LogP contribution is -2.20. The quantitative estimate of drug-likeness (QED) is 0.846. The normalized spacial score (nSPS) is 14.7. The monoisotopic (exact) mass is 288 g/mol. The summed E-state index contributed by atoms with van der Waals surface area (Å²) in [6.45, 7) is 1.38. The van der Waals surface area contributed by atoms with Crippen molar-refractivity contribution < 1.29 is 13.2 Å². The number of rotatable bonds is 1. The minimum atomic E-state index is -3.62. The van der Waals surface area contributed by atoms with Crippen LogP contribution < -0.4 is 10.0 Å². The van der Waals surface area contributed by atoms with Gasteiger partial charge < -0.3 is 5.32 Å². The molecular weight excluding hydrogens is 276 g/mol. The Hall–Kier alpha value is -2.34. The van der Waals surface area contributed by atoms with E-state index in [1.165, 1.54) is 6.92 Å². The van der Waals surface area contributed by atoms with Gasteiger partial charge in [0, 0.05) is 18.1 Å². The summed E-state index contributed by atoms with van der Waals surface area (Å²) in [7, 11) is -3.62. The number of nitrogens with one attached hydrogen (secondary N) is 2. The minimum absolute atomic E-state index is 0.243. The topological polar surface area (TPSA) is 75.3 Å². The first-order chi connectivity index (χ1) is 9.49. The summed E-state index contributed by atoms with van der Waals surface area (Å²) in [5, 5.41) is 2.64. The van der Waals surface area contributed by atoms with Crippen LogP contribution in [-0.4, -0.2) is 14.3 Å². The molecule has 0 radical (unpaired) electrons. The molecule has 0 unspecified atom stereocenters. The maximum Gasteiger partial charge on any atom is 0.262 e. The molecule has 0 aliphatic carbocycles. The molecule has 1 aliphatic rings. The predicted octanol–water partition coefficient (Wildman–Crippen LogP) is 2.43. The first-order valence-electron chi connectivity index (χ1n) is 6.02. The Labute approximate surface area is 116 Å². The zero-order valence-electron chi connectivity index (χ0n) is 10.7. The third kappa shape index (κ3) is 1.94. The van der Waals surface area contributed by atoms with Crippen molar-refractivity contribution in [2.75, 3.05) is 10.0 Å². The SMILES string of the molecule is CC(=O)Nc1cccc2c1NS(=O)(=O)c1ccccc1-2. The van der Waals surface area contributed by atoms with Crippen molar-refractivity contribution in [1.29, 1.82) is 0 Å². The maximum absolute atomic E-state index is 12.2. The van der Waals surface area contributed by atoms with Gasteiger partial charge in [-0.2, -0.15) is 0 Å². The van der Waals surface area contributed by atoms with Crippen molar-refractivity contribution in [3.05, 3.63) is 42.5 Å². The van der Waals surface area contributed by atoms with E-state index < -0.39 is 10.0 Å². The van der Waals surface area contributed by atoms with E-state index in [4.69, 9.17) is 0 Å². The van der Waals surface area contributed by atoms with E-state index in [-0.39, 0.29) is 10.8 Å². The number of anilines is 2. The van der Waals surface area contributed by atoms with Crippen LogP contribution in [0.25, 0.3) is 11.1 Å². The second kappa shape index (κ2) is 4.35. The summed E-state index contributed by atoms with van der Waals surface area (Å²) in [5.74, 6) is -0.253. The highest BCUT2D eigenvalue weighted by Crippen LogP contribution is 2.42. The molecule has 0 saturated carbocycles. The Morgan fingerprint density at radius 1 is 1.05 bits per heavy atom. The number of fused-ring (bicyclic) bond motifs is 3. The first-order valence-corrected chi connectivity index (χ1v) is 7.50. The van der Waals surface area contributed by atoms with Gasteiger partial charge in [-0.3, -0.25) is 9.52 Å². The van der Waals surface area contributed by atoms with E-state index in [1.54, 1.807) is 36.4 Å². The molecular formula is C14H12N2O3S. The highest BCUT2D eigenvalue weighted by atomic mass is 32.2. The van der Waals surface area contributed by atoms with Gasteiger partial charge in [0.15, 0.2) is 0 Å². The molecule has 3 rings (SSSR count). The Balaban J connectivity index is 2.29. The molecule has 1 aliphatic heterocycles. The third-order valence-corrected chi connectivity index (χ3v) is 4.49. The molecule has 2 aromatic rings. The summed E-state index contributed by atoms with van der Waals surface area (Å²) >= 11 is 0. The van der Waals surface area contributed by atoms with Gasteiger partial charge in [-0.25, -0.2) is 8.42 Å². The van der Waals surface area contributed by atoms with Gasteiger partial charge in [0.2, 0.25) is 5.91 Å². The van der Waals surface area contributed by atoms with Crippen LogP contribution in [0.15, 0.2) is 47.4 Å². The minimum Gasteiger partial charge on any atom is -0.324 e. The molecule has 102 valence electrons. The molecule has 0 saturated heterocycles. The van der Waals surface area contributed by atoms with E-state index >= 15 is 0 Å². The number of hydrogen-bond acceptors (Lipinski definition) is 3. The van der Waals surface area contributed by atoms with Gasteiger partial charge in [-0.1, -0.05) is 30.3 Å². The average Bonchev–Trinajstić information content (AvgIpc) is 2.39. The summed E-state index contributed by atoms with van der Waals surface area (Å²) < 4.78 is 27.0. The van der Waals surface area contributed by atoms with Crippen LogP contribution in [0.1, 0.15) is 6.92 Å². The van der Waals surface area contributed by atoms with Gasteiger partial charge in [0.25, 0.3) is 10.0 Å². The van der Waals surface area contributed by atoms with Crippen LogP contribution in [-0.2, 0) is 14.8 Å². The molecule has 0 spiro atoms. The number of sulfonamides is 1. The molecule has 0 atom stereocenters. The van der Waals surface area contributed by atoms with Crippen molar-refractivity contribution in [2.24, 2.45) is 0 Å². The molecule has 6 heteroatoms. The predicted molar refractivity (Wildman–Crippen MR) is 77.0 cm³/mol. The van der Waals surface area contributed by atoms with E-state index in [2.05, 4.69) is 10.0 Å². The van der Waals surface area contributed by atoms with E-state index in [1.807, 2.05) is 6.07 Å². The van der Waals surface area contributed by atoms with Crippen LogP contribution >= 0.6 is 0 Å². The van der Waals surface area contributed by atoms with Crippen LogP contribution in [0.4, 0.5) is 11.4 Å². The second-order valence-electron chi connectivity index (χ2n) is 4.51. The lowest BCUT2D eigenvalue weighted by atomic mass is 10.0. The highest BCUT2D eigenvalue weighted by molar-refractivity contribution is 7.93. The van der Waals surface area contributed by atoms with Crippen molar-refractivity contribution in [3.8, 4) is 11.1 Å². The smallest absolute Gasteiger partial charge is 0.262 e. The number of para-hydroxylation sites is 1. The van der Waals surface area contributed by atoms with E-state index in [0.717, 1.165) is 5.56 Å². The molecule has 1 heterocycles. The van der Waals surface area contributed by atoms with Crippen LogP contribution in [0.3, 0.4) is 0 Å². The Morgan fingerprint density at radius 2 is 1.75 bits per heavy atom. The van der Waals surface area contributed by atoms with Crippen molar-refractivity contribution in [3.63, 3.8) is 0 Å². The Bertz CT molecular complexity index is 813. The fourth-order valence-corrected chi connectivity index (χ4v) is 3.62. The molecule has 2 aromatic carbocycles. The summed E-state index contributed by atoms with van der Waals surface area (Å²) in [6.07, 6.45) is 0. The van der Waals surface area contributed by atoms with Crippen molar-refractivity contribution in [1.82, 2.24) is 0 Å². The fraction of sp³-hybridized carbons (Fsp3) is 0.0714. The number of carbonyl (C=O) groups excluding carboxylic acids is 1. The number of hydrogen-bond donors (Lipinski definition) is 2. The summed E-state index contributed by atoms with van der Waals surface area (Å²) in [6, 6.07) is 12.0. The average molecular weight is 288 g/mol. The molecule has 1 amide bonds. The fourth-order valence-electron chi connectivity index (χ4n) is 2.29. The van der Waals surface area contributed by atoms with Crippen LogP contribution in [0.2, 0.25) is 0 Å². The lowest BCUT2D eigenvalue weighted by molar-refractivity contribution is -0.114. The zero-order chi connectivity index (χ0) is 14.3. The van der Waals surface area contributed by atoms with Crippen molar-refractivity contribution in [2.45, 2.75) is 11.8 Å². The van der Waals surface area contributed by atoms with Crippen molar-refractivity contribution >= 4 is 27.3 Å². The molecule has 0 fully saturated rings. The second-order valence-corrected chi connectivity index (χ2v) is 6.16. The van der Waals surface area contributed by atoms with Gasteiger partial charge in [0.1, 0.15) is 0 Å². The van der Waals surface area contributed by atoms with Crippen LogP contribution in [0.5, 0.6) is 0 Å². The summed E-state index contributed by atoms with van der Waals surface area (Å²) in [4.78, 5) is 11.5. The molecule has 2 N–H and O–H groups in total. The Kier molecular flexibility index (Phi) is 2.76. The van der Waals surface area contributed by atoms with Gasteiger partial charge in [-0.15, -0.1) is 0 Å². The first kappa shape index (κ1) is 12.7. The maximum atomic E-state index is 12.2. The number of amides is 1. The third-order valence-electron chi connectivity index (χ3n) is 3.08. The van der Waals surface area contributed by atoms with E-state index in [9.17, 15) is 13.2 Å². The number of benzene rings is 2. The largest absolute Gasteiger partial charge is 0.324 e. The van der Waals surface area contributed by atoms with Gasteiger partial charge >= 0.3 is 0 Å². The van der Waals surface area contributed by atoms with Gasteiger partial charge in [-0.05, 0) is 12.1 Å². The lowest BCUT2D eigenvalue weighted by Gasteiger charge is -2.23. The highest BCUT2D eigenvalue weighted by Gasteiger charge is 2.28.